The summed E-state index contributed by atoms with van der Waals surface area (Å²) in [7, 11) is 2.34. The van der Waals surface area contributed by atoms with Crippen molar-refractivity contribution >= 4 is 23.3 Å². The smallest absolute Gasteiger partial charge is 0.464 e. The molecule has 0 aliphatic heterocycles. The average Bonchev–Trinajstić information content (AvgIpc) is 2.34. The maximum absolute atomic E-state index is 12.2. The minimum Gasteiger partial charge on any atom is -0.464 e. The van der Waals surface area contributed by atoms with Gasteiger partial charge in [-0.15, -0.1) is 0 Å². The standard InChI is InChI=1S/C10H10ClF3N2O3/c1-16(9(17)10(12,13)14)7-4-3-6(8(11)15-7)19-5-18-2/h3-4H,5H2,1-2H3. The Hall–Kier alpha value is -1.54. The molecule has 9 heteroatoms. The van der Waals surface area contributed by atoms with Crippen LogP contribution in [-0.2, 0) is 9.53 Å². The number of alkyl halides is 3. The first kappa shape index (κ1) is 15.5. The van der Waals surface area contributed by atoms with Crippen LogP contribution in [0.2, 0.25) is 5.15 Å². The predicted octanol–water partition coefficient (Wildman–Crippen LogP) is 2.24. The first-order chi connectivity index (χ1) is 8.77. The Morgan fingerprint density at radius 2 is 2.11 bits per heavy atom. The number of hydrogen-bond donors (Lipinski definition) is 0. The average molecular weight is 299 g/mol. The quantitative estimate of drug-likeness (QED) is 0.632. The third-order valence-corrected chi connectivity index (χ3v) is 2.29. The number of rotatable bonds is 4. The zero-order valence-corrected chi connectivity index (χ0v) is 10.7. The molecule has 106 valence electrons. The number of halogens is 4. The molecule has 1 rings (SSSR count). The highest BCUT2D eigenvalue weighted by atomic mass is 35.5. The van der Waals surface area contributed by atoms with Gasteiger partial charge in [-0.25, -0.2) is 4.98 Å². The van der Waals surface area contributed by atoms with Crippen LogP contribution in [0.5, 0.6) is 5.75 Å². The molecular weight excluding hydrogens is 289 g/mol. The molecule has 0 saturated heterocycles. The molecule has 0 aliphatic rings. The number of pyridine rings is 1. The molecule has 0 N–H and O–H groups in total. The van der Waals surface area contributed by atoms with Gasteiger partial charge in [-0.2, -0.15) is 13.2 Å². The lowest BCUT2D eigenvalue weighted by Gasteiger charge is -2.18. The molecule has 1 amide bonds. The number of carbonyl (C=O) groups is 1. The number of amides is 1. The Labute approximate surface area is 111 Å². The van der Waals surface area contributed by atoms with Crippen molar-refractivity contribution in [3.05, 3.63) is 17.3 Å². The molecule has 1 heterocycles. The van der Waals surface area contributed by atoms with Gasteiger partial charge in [0, 0.05) is 14.2 Å². The Morgan fingerprint density at radius 1 is 1.47 bits per heavy atom. The molecule has 5 nitrogen and oxygen atoms in total. The Bertz CT molecular complexity index is 468. The Morgan fingerprint density at radius 3 is 2.58 bits per heavy atom. The number of aromatic nitrogens is 1. The molecule has 0 bridgehead atoms. The second-order valence-corrected chi connectivity index (χ2v) is 3.73. The summed E-state index contributed by atoms with van der Waals surface area (Å²) in [5.74, 6) is -2.14. The van der Waals surface area contributed by atoms with Gasteiger partial charge in [-0.3, -0.25) is 9.69 Å². The zero-order chi connectivity index (χ0) is 14.6. The van der Waals surface area contributed by atoms with E-state index in [4.69, 9.17) is 16.3 Å². The summed E-state index contributed by atoms with van der Waals surface area (Å²) in [6.45, 7) is -0.0853. The summed E-state index contributed by atoms with van der Waals surface area (Å²) in [5, 5.41) is -0.170. The van der Waals surface area contributed by atoms with E-state index in [2.05, 4.69) is 9.72 Å². The highest BCUT2D eigenvalue weighted by molar-refractivity contribution is 6.31. The van der Waals surface area contributed by atoms with E-state index < -0.39 is 12.1 Å². The molecule has 0 aromatic carbocycles. The van der Waals surface area contributed by atoms with Gasteiger partial charge >= 0.3 is 12.1 Å². The van der Waals surface area contributed by atoms with Crippen molar-refractivity contribution in [1.29, 1.82) is 0 Å². The lowest BCUT2D eigenvalue weighted by Crippen LogP contribution is -2.38. The van der Waals surface area contributed by atoms with Crippen molar-refractivity contribution in [3.63, 3.8) is 0 Å². The van der Waals surface area contributed by atoms with Gasteiger partial charge in [0.2, 0.25) is 0 Å². The topological polar surface area (TPSA) is 51.7 Å². The van der Waals surface area contributed by atoms with E-state index in [-0.39, 0.29) is 23.5 Å². The summed E-state index contributed by atoms with van der Waals surface area (Å²) in [6, 6.07) is 2.48. The highest BCUT2D eigenvalue weighted by Crippen LogP contribution is 2.27. The van der Waals surface area contributed by atoms with Crippen LogP contribution >= 0.6 is 11.6 Å². The predicted molar refractivity (Wildman–Crippen MR) is 61.2 cm³/mol. The molecule has 19 heavy (non-hydrogen) atoms. The van der Waals surface area contributed by atoms with Crippen LogP contribution in [0, 0.1) is 0 Å². The largest absolute Gasteiger partial charge is 0.471 e. The van der Waals surface area contributed by atoms with E-state index >= 15 is 0 Å². The van der Waals surface area contributed by atoms with Gasteiger partial charge in [-0.05, 0) is 12.1 Å². The van der Waals surface area contributed by atoms with Crippen molar-refractivity contribution in [3.8, 4) is 5.75 Å². The van der Waals surface area contributed by atoms with Crippen LogP contribution < -0.4 is 9.64 Å². The van der Waals surface area contributed by atoms with E-state index in [9.17, 15) is 18.0 Å². The maximum atomic E-state index is 12.2. The van der Waals surface area contributed by atoms with Crippen molar-refractivity contribution < 1.29 is 27.4 Å². The first-order valence-corrected chi connectivity index (χ1v) is 5.28. The van der Waals surface area contributed by atoms with Crippen LogP contribution in [-0.4, -0.2) is 38.0 Å². The second-order valence-electron chi connectivity index (χ2n) is 3.37. The third-order valence-electron chi connectivity index (χ3n) is 2.02. The molecule has 0 aliphatic carbocycles. The molecular formula is C10H10ClF3N2O3. The number of ether oxygens (including phenoxy) is 2. The molecule has 1 aromatic heterocycles. The number of nitrogens with zero attached hydrogens (tertiary/aromatic N) is 2. The summed E-state index contributed by atoms with van der Waals surface area (Å²) in [5.41, 5.74) is 0. The zero-order valence-electron chi connectivity index (χ0n) is 9.99. The van der Waals surface area contributed by atoms with Gasteiger partial charge in [-0.1, -0.05) is 11.6 Å². The first-order valence-electron chi connectivity index (χ1n) is 4.90. The van der Waals surface area contributed by atoms with Gasteiger partial charge in [0.05, 0.1) is 0 Å². The monoisotopic (exact) mass is 298 g/mol. The van der Waals surface area contributed by atoms with E-state index in [1.54, 1.807) is 0 Å². The maximum Gasteiger partial charge on any atom is 0.471 e. The number of anilines is 1. The number of carbonyl (C=O) groups excluding carboxylic acids is 1. The summed E-state index contributed by atoms with van der Waals surface area (Å²) < 4.78 is 46.4. The molecule has 1 aromatic rings. The minimum absolute atomic E-state index is 0.0853. The highest BCUT2D eigenvalue weighted by Gasteiger charge is 2.42. The molecule has 0 unspecified atom stereocenters. The lowest BCUT2D eigenvalue weighted by molar-refractivity contribution is -0.170. The van der Waals surface area contributed by atoms with Crippen LogP contribution in [0.15, 0.2) is 12.1 Å². The molecule has 0 fully saturated rings. The van der Waals surface area contributed by atoms with Gasteiger partial charge in [0.1, 0.15) is 5.82 Å². The van der Waals surface area contributed by atoms with E-state index in [1.807, 2.05) is 0 Å². The van der Waals surface area contributed by atoms with Gasteiger partial charge in [0.15, 0.2) is 17.7 Å². The SMILES string of the molecule is COCOc1ccc(N(C)C(=O)C(F)(F)F)nc1Cl. The van der Waals surface area contributed by atoms with Crippen molar-refractivity contribution in [2.75, 3.05) is 25.9 Å². The third kappa shape index (κ3) is 3.97. The van der Waals surface area contributed by atoms with Crippen molar-refractivity contribution in [2.45, 2.75) is 6.18 Å². The van der Waals surface area contributed by atoms with Crippen LogP contribution in [0.1, 0.15) is 0 Å². The fourth-order valence-corrected chi connectivity index (χ4v) is 1.33. The number of methoxy groups -OCH3 is 1. The Balaban J connectivity index is 2.91. The van der Waals surface area contributed by atoms with Crippen molar-refractivity contribution in [1.82, 2.24) is 4.98 Å². The van der Waals surface area contributed by atoms with E-state index in [0.717, 1.165) is 7.05 Å². The fraction of sp³-hybridized carbons (Fsp3) is 0.400. The summed E-state index contributed by atoms with van der Waals surface area (Å²) in [4.78, 5) is 15.0. The van der Waals surface area contributed by atoms with Crippen LogP contribution in [0.25, 0.3) is 0 Å². The fourth-order valence-electron chi connectivity index (χ4n) is 1.12. The van der Waals surface area contributed by atoms with Crippen LogP contribution in [0.4, 0.5) is 19.0 Å². The van der Waals surface area contributed by atoms with Crippen molar-refractivity contribution in [2.24, 2.45) is 0 Å². The minimum atomic E-state index is -4.98. The van der Waals surface area contributed by atoms with Gasteiger partial charge < -0.3 is 9.47 Å². The molecule has 0 saturated carbocycles. The van der Waals surface area contributed by atoms with Gasteiger partial charge in [0.25, 0.3) is 0 Å². The molecule has 0 spiro atoms. The molecule has 0 atom stereocenters. The summed E-state index contributed by atoms with van der Waals surface area (Å²) >= 11 is 5.72. The number of hydrogen-bond acceptors (Lipinski definition) is 4. The second kappa shape index (κ2) is 6.07. The lowest BCUT2D eigenvalue weighted by atomic mass is 10.4. The molecule has 0 radical (unpaired) electrons. The normalized spacial score (nSPS) is 11.3. The van der Waals surface area contributed by atoms with E-state index in [0.29, 0.717) is 4.90 Å². The Kier molecular flexibility index (Phi) is 4.96. The van der Waals surface area contributed by atoms with Crippen LogP contribution in [0.3, 0.4) is 0 Å². The summed E-state index contributed by atoms with van der Waals surface area (Å²) in [6.07, 6.45) is -4.98. The van der Waals surface area contributed by atoms with E-state index in [1.165, 1.54) is 19.2 Å².